The van der Waals surface area contributed by atoms with Crippen LogP contribution in [0.5, 0.6) is 5.75 Å². The first-order chi connectivity index (χ1) is 20.6. The van der Waals surface area contributed by atoms with Crippen molar-refractivity contribution in [3.8, 4) is 5.75 Å². The monoisotopic (exact) mass is 553 g/mol. The molecule has 0 bridgehead atoms. The molecular weight excluding hydrogens is 526 g/mol. The first kappa shape index (κ1) is 25.7. The van der Waals surface area contributed by atoms with E-state index in [0.29, 0.717) is 22.6 Å². The lowest BCUT2D eigenvalue weighted by atomic mass is 9.62. The lowest BCUT2D eigenvalue weighted by Gasteiger charge is -2.38. The molecule has 1 saturated heterocycles. The summed E-state index contributed by atoms with van der Waals surface area (Å²) in [5.41, 5.74) is 2.34. The standard InChI is InChI=1S/C35H27N3O4/c1-2-20-42-24-12-9-11-23(21-24)31(39)29-30(32(40)28-16-7-8-18-36-28)38-19-17-22-10-3-4-13-25(22)33(38)35(29)26-14-5-6-15-27(26)37-34(35)41/h2-19,21,29-30,33H,1,20H2,(H,37,41)/t29-,30+,33-,35-/m1/s1. The van der Waals surface area contributed by atoms with Crippen LogP contribution < -0.4 is 10.1 Å². The Bertz CT molecular complexity index is 1780. The van der Waals surface area contributed by atoms with E-state index in [0.717, 1.165) is 11.1 Å². The van der Waals surface area contributed by atoms with Gasteiger partial charge in [0.1, 0.15) is 29.5 Å². The SMILES string of the molecule is C=CCOc1cccc(C(=O)[C@H]2[C@@H](C(=O)c3ccccn3)N3C=Cc4ccccc4[C@@H]3[C@]23C(=O)Nc2ccccc23)c1. The zero-order valence-electron chi connectivity index (χ0n) is 22.6. The Morgan fingerprint density at radius 3 is 2.62 bits per heavy atom. The molecule has 1 aromatic heterocycles. The molecule has 1 fully saturated rings. The number of ketones is 2. The number of fused-ring (bicyclic) bond motifs is 6. The third-order valence-corrected chi connectivity index (χ3v) is 8.53. The molecule has 1 N–H and O–H groups in total. The van der Waals surface area contributed by atoms with Crippen LogP contribution in [0.4, 0.5) is 5.69 Å². The van der Waals surface area contributed by atoms with E-state index in [-0.39, 0.29) is 29.8 Å². The molecule has 4 atom stereocenters. The summed E-state index contributed by atoms with van der Waals surface area (Å²) in [5.74, 6) is -1.53. The summed E-state index contributed by atoms with van der Waals surface area (Å²) in [6, 6.07) is 25.7. The molecule has 1 spiro atoms. The smallest absolute Gasteiger partial charge is 0.238 e. The normalized spacial score (nSPS) is 23.1. The second kappa shape index (κ2) is 9.96. The first-order valence-corrected chi connectivity index (χ1v) is 13.8. The van der Waals surface area contributed by atoms with Crippen LogP contribution in [0.3, 0.4) is 0 Å². The number of rotatable bonds is 7. The summed E-state index contributed by atoms with van der Waals surface area (Å²) in [6.07, 6.45) is 6.98. The number of benzene rings is 3. The van der Waals surface area contributed by atoms with Crippen LogP contribution in [-0.2, 0) is 10.2 Å². The van der Waals surface area contributed by atoms with Gasteiger partial charge in [0.05, 0.1) is 12.0 Å². The fourth-order valence-electron chi connectivity index (χ4n) is 6.90. The maximum absolute atomic E-state index is 14.9. The molecule has 7 nitrogen and oxygen atoms in total. The van der Waals surface area contributed by atoms with E-state index >= 15 is 0 Å². The van der Waals surface area contributed by atoms with Gasteiger partial charge in [-0.2, -0.15) is 0 Å². The molecule has 0 aliphatic carbocycles. The average molecular weight is 554 g/mol. The molecule has 7 rings (SSSR count). The highest BCUT2D eigenvalue weighted by atomic mass is 16.5. The fraction of sp³-hybridized carbons (Fsp3) is 0.143. The van der Waals surface area contributed by atoms with E-state index in [1.165, 1.54) is 0 Å². The van der Waals surface area contributed by atoms with Crippen LogP contribution in [0, 0.1) is 5.92 Å². The zero-order valence-corrected chi connectivity index (χ0v) is 22.6. The van der Waals surface area contributed by atoms with Crippen molar-refractivity contribution in [2.24, 2.45) is 5.92 Å². The molecule has 7 heteroatoms. The van der Waals surface area contributed by atoms with Gasteiger partial charge < -0.3 is 15.0 Å². The molecule has 0 unspecified atom stereocenters. The summed E-state index contributed by atoms with van der Waals surface area (Å²) in [5, 5.41) is 3.06. The number of anilines is 1. The number of para-hydroxylation sites is 1. The highest BCUT2D eigenvalue weighted by Gasteiger charge is 2.70. The second-order valence-electron chi connectivity index (χ2n) is 10.7. The van der Waals surface area contributed by atoms with Gasteiger partial charge >= 0.3 is 0 Å². The lowest BCUT2D eigenvalue weighted by Crippen LogP contribution is -2.49. The Kier molecular flexibility index (Phi) is 6.08. The molecule has 3 aliphatic rings. The molecule has 3 aromatic carbocycles. The molecule has 0 radical (unpaired) electrons. The average Bonchev–Trinajstić information content (AvgIpc) is 3.52. The van der Waals surface area contributed by atoms with E-state index in [1.54, 1.807) is 54.7 Å². The van der Waals surface area contributed by atoms with Crippen molar-refractivity contribution in [3.63, 3.8) is 0 Å². The van der Waals surface area contributed by atoms with Crippen molar-refractivity contribution < 1.29 is 19.1 Å². The minimum atomic E-state index is -1.40. The number of ether oxygens (including phenoxy) is 1. The van der Waals surface area contributed by atoms with Crippen molar-refractivity contribution in [2.45, 2.75) is 17.5 Å². The quantitative estimate of drug-likeness (QED) is 0.236. The second-order valence-corrected chi connectivity index (χ2v) is 10.7. The Morgan fingerprint density at radius 2 is 1.79 bits per heavy atom. The van der Waals surface area contributed by atoms with Crippen molar-refractivity contribution in [2.75, 3.05) is 11.9 Å². The summed E-state index contributed by atoms with van der Waals surface area (Å²) >= 11 is 0. The number of hydrogen-bond acceptors (Lipinski definition) is 6. The summed E-state index contributed by atoms with van der Waals surface area (Å²) in [6.45, 7) is 3.98. The van der Waals surface area contributed by atoms with E-state index in [2.05, 4.69) is 16.9 Å². The van der Waals surface area contributed by atoms with Crippen molar-refractivity contribution >= 4 is 29.2 Å². The molecule has 206 valence electrons. The predicted octanol–water partition coefficient (Wildman–Crippen LogP) is 5.63. The van der Waals surface area contributed by atoms with Crippen LogP contribution in [0.25, 0.3) is 6.08 Å². The third kappa shape index (κ3) is 3.66. The number of carbonyl (C=O) groups excluding carboxylic acids is 3. The number of hydrogen-bond donors (Lipinski definition) is 1. The summed E-state index contributed by atoms with van der Waals surface area (Å²) in [4.78, 5) is 50.1. The molecular formula is C35H27N3O4. The Morgan fingerprint density at radius 1 is 0.976 bits per heavy atom. The summed E-state index contributed by atoms with van der Waals surface area (Å²) < 4.78 is 5.74. The van der Waals surface area contributed by atoms with Gasteiger partial charge in [0.25, 0.3) is 0 Å². The van der Waals surface area contributed by atoms with Gasteiger partial charge in [-0.1, -0.05) is 73.3 Å². The van der Waals surface area contributed by atoms with E-state index in [9.17, 15) is 14.4 Å². The Labute approximate surface area is 243 Å². The molecule has 42 heavy (non-hydrogen) atoms. The van der Waals surface area contributed by atoms with Gasteiger partial charge in [0.2, 0.25) is 11.7 Å². The van der Waals surface area contributed by atoms with E-state index in [4.69, 9.17) is 4.74 Å². The lowest BCUT2D eigenvalue weighted by molar-refractivity contribution is -0.122. The van der Waals surface area contributed by atoms with E-state index < -0.39 is 23.4 Å². The summed E-state index contributed by atoms with van der Waals surface area (Å²) in [7, 11) is 0. The van der Waals surface area contributed by atoms with Crippen LogP contribution in [0.1, 0.15) is 43.6 Å². The van der Waals surface area contributed by atoms with Crippen molar-refractivity contribution in [3.05, 3.63) is 144 Å². The van der Waals surface area contributed by atoms with Crippen molar-refractivity contribution in [1.82, 2.24) is 9.88 Å². The highest BCUT2D eigenvalue weighted by Crippen LogP contribution is 2.62. The number of pyridine rings is 1. The molecule has 4 aromatic rings. The van der Waals surface area contributed by atoms with Gasteiger partial charge in [0, 0.05) is 23.6 Å². The molecule has 1 amide bonds. The molecule has 0 saturated carbocycles. The van der Waals surface area contributed by atoms with Crippen molar-refractivity contribution in [1.29, 1.82) is 0 Å². The van der Waals surface area contributed by atoms with Gasteiger partial charge in [-0.05, 0) is 53.1 Å². The Hall–Kier alpha value is -5.30. The highest BCUT2D eigenvalue weighted by molar-refractivity contribution is 6.16. The largest absolute Gasteiger partial charge is 0.490 e. The number of carbonyl (C=O) groups is 3. The topological polar surface area (TPSA) is 88.6 Å². The number of aromatic nitrogens is 1. The Balaban J connectivity index is 1.50. The molecule has 3 aliphatic heterocycles. The minimum Gasteiger partial charge on any atom is -0.490 e. The van der Waals surface area contributed by atoms with E-state index in [1.807, 2.05) is 65.7 Å². The predicted molar refractivity (Wildman–Crippen MR) is 159 cm³/mol. The number of Topliss-reactive ketones (excluding diaryl/α,β-unsaturated/α-hetero) is 2. The van der Waals surface area contributed by atoms with Crippen LogP contribution in [0.2, 0.25) is 0 Å². The maximum atomic E-state index is 14.9. The van der Waals surface area contributed by atoms with Gasteiger partial charge in [0.15, 0.2) is 5.78 Å². The first-order valence-electron chi connectivity index (χ1n) is 13.8. The number of amides is 1. The zero-order chi connectivity index (χ0) is 28.8. The number of nitrogens with one attached hydrogen (secondary N) is 1. The maximum Gasteiger partial charge on any atom is 0.238 e. The van der Waals surface area contributed by atoms with Crippen LogP contribution in [0.15, 0.2) is 116 Å². The third-order valence-electron chi connectivity index (χ3n) is 8.53. The molecule has 4 heterocycles. The van der Waals surface area contributed by atoms with Crippen LogP contribution in [-0.4, -0.2) is 40.0 Å². The van der Waals surface area contributed by atoms with Gasteiger partial charge in [-0.25, -0.2) is 0 Å². The van der Waals surface area contributed by atoms with Gasteiger partial charge in [-0.3, -0.25) is 19.4 Å². The van der Waals surface area contributed by atoms with Gasteiger partial charge in [-0.15, -0.1) is 0 Å². The van der Waals surface area contributed by atoms with Crippen LogP contribution >= 0.6 is 0 Å². The number of nitrogens with zero attached hydrogens (tertiary/aromatic N) is 2. The minimum absolute atomic E-state index is 0.234. The fourth-order valence-corrected chi connectivity index (χ4v) is 6.90.